The maximum Gasteiger partial charge on any atom is 0.253 e. The van der Waals surface area contributed by atoms with E-state index in [0.717, 1.165) is 9.35 Å². The molecule has 1 heterocycles. The van der Waals surface area contributed by atoms with E-state index in [1.807, 2.05) is 11.4 Å². The minimum absolute atomic E-state index is 0.229. The average Bonchev–Trinajstić information content (AvgIpc) is 2.75. The molecule has 3 nitrogen and oxygen atoms in total. The molecule has 0 radical (unpaired) electrons. The summed E-state index contributed by atoms with van der Waals surface area (Å²) in [5, 5.41) is 5.16. The van der Waals surface area contributed by atoms with Gasteiger partial charge >= 0.3 is 0 Å². The number of nitrogens with one attached hydrogen (secondary N) is 1. The number of halogens is 2. The average molecular weight is 346 g/mol. The van der Waals surface area contributed by atoms with Crippen LogP contribution in [0.1, 0.15) is 15.2 Å². The monoisotopic (exact) mass is 344 g/mol. The summed E-state index contributed by atoms with van der Waals surface area (Å²) < 4.78 is 0.992. The first kappa shape index (κ1) is 13.4. The fourth-order valence-electron chi connectivity index (χ4n) is 1.42. The number of carbonyl (C=O) groups excluding carboxylic acids is 1. The Morgan fingerprint density at radius 2 is 2.22 bits per heavy atom. The predicted molar refractivity (Wildman–Crippen MR) is 79.1 cm³/mol. The molecule has 0 bridgehead atoms. The molecule has 1 amide bonds. The highest BCUT2D eigenvalue weighted by Gasteiger charge is 2.11. The van der Waals surface area contributed by atoms with Crippen LogP contribution in [0.2, 0.25) is 5.02 Å². The van der Waals surface area contributed by atoms with Crippen molar-refractivity contribution in [3.05, 3.63) is 49.6 Å². The zero-order valence-corrected chi connectivity index (χ0v) is 12.4. The minimum Gasteiger partial charge on any atom is -0.399 e. The number of benzene rings is 1. The van der Waals surface area contributed by atoms with Crippen LogP contribution in [0.15, 0.2) is 34.1 Å². The standard InChI is InChI=1S/C12H10BrClN2OS/c13-9-3-4-18-11(9)6-16-12(17)8-5-7(15)1-2-10(8)14/h1-5H,6,15H2,(H,16,17). The van der Waals surface area contributed by atoms with Gasteiger partial charge in [-0.25, -0.2) is 0 Å². The van der Waals surface area contributed by atoms with Crippen molar-refractivity contribution in [2.24, 2.45) is 0 Å². The predicted octanol–water partition coefficient (Wildman–Crippen LogP) is 3.68. The largest absolute Gasteiger partial charge is 0.399 e. The Bertz CT molecular complexity index is 585. The Kier molecular flexibility index (Phi) is 4.27. The van der Waals surface area contributed by atoms with Crippen molar-refractivity contribution in [2.75, 3.05) is 5.73 Å². The highest BCUT2D eigenvalue weighted by atomic mass is 79.9. The van der Waals surface area contributed by atoms with Crippen molar-refractivity contribution < 1.29 is 4.79 Å². The van der Waals surface area contributed by atoms with Crippen LogP contribution in [0.4, 0.5) is 5.69 Å². The number of amides is 1. The molecule has 2 aromatic rings. The van der Waals surface area contributed by atoms with Gasteiger partial charge < -0.3 is 11.1 Å². The number of nitrogens with two attached hydrogens (primary N) is 1. The highest BCUT2D eigenvalue weighted by Crippen LogP contribution is 2.23. The molecule has 0 saturated carbocycles. The Balaban J connectivity index is 2.08. The van der Waals surface area contributed by atoms with Crippen molar-refractivity contribution >= 4 is 50.5 Å². The molecular weight excluding hydrogens is 336 g/mol. The fourth-order valence-corrected chi connectivity index (χ4v) is 3.06. The van der Waals surface area contributed by atoms with Gasteiger partial charge in [0, 0.05) is 15.0 Å². The molecule has 1 aromatic carbocycles. The molecule has 0 aliphatic heterocycles. The van der Waals surface area contributed by atoms with Crippen molar-refractivity contribution in [3.63, 3.8) is 0 Å². The van der Waals surface area contributed by atoms with E-state index in [1.165, 1.54) is 0 Å². The zero-order chi connectivity index (χ0) is 13.1. The lowest BCUT2D eigenvalue weighted by atomic mass is 10.2. The first-order chi connectivity index (χ1) is 8.58. The number of hydrogen-bond acceptors (Lipinski definition) is 3. The van der Waals surface area contributed by atoms with Crippen LogP contribution in [-0.4, -0.2) is 5.91 Å². The normalized spacial score (nSPS) is 10.3. The summed E-state index contributed by atoms with van der Waals surface area (Å²) in [5.74, 6) is -0.229. The van der Waals surface area contributed by atoms with Crippen molar-refractivity contribution in [2.45, 2.75) is 6.54 Å². The summed E-state index contributed by atoms with van der Waals surface area (Å²) in [6.07, 6.45) is 0. The summed E-state index contributed by atoms with van der Waals surface area (Å²) >= 11 is 10.9. The van der Waals surface area contributed by atoms with Gasteiger partial charge in [-0.3, -0.25) is 4.79 Å². The molecule has 0 aliphatic carbocycles. The number of carbonyl (C=O) groups is 1. The van der Waals surface area contributed by atoms with Crippen LogP contribution in [0.3, 0.4) is 0 Å². The van der Waals surface area contributed by atoms with Gasteiger partial charge in [-0.1, -0.05) is 11.6 Å². The van der Waals surface area contributed by atoms with Crippen molar-refractivity contribution in [1.29, 1.82) is 0 Å². The lowest BCUT2D eigenvalue weighted by Crippen LogP contribution is -2.22. The molecule has 2 rings (SSSR count). The van der Waals surface area contributed by atoms with E-state index in [2.05, 4.69) is 21.2 Å². The molecule has 18 heavy (non-hydrogen) atoms. The van der Waals surface area contributed by atoms with Crippen LogP contribution in [-0.2, 0) is 6.54 Å². The van der Waals surface area contributed by atoms with E-state index < -0.39 is 0 Å². The number of rotatable bonds is 3. The molecule has 0 spiro atoms. The lowest BCUT2D eigenvalue weighted by molar-refractivity contribution is 0.0951. The zero-order valence-electron chi connectivity index (χ0n) is 9.24. The maximum absolute atomic E-state index is 12.0. The van der Waals surface area contributed by atoms with E-state index in [-0.39, 0.29) is 5.91 Å². The Labute approximate surface area is 122 Å². The third-order valence-electron chi connectivity index (χ3n) is 2.34. The van der Waals surface area contributed by atoms with E-state index in [9.17, 15) is 4.79 Å². The second kappa shape index (κ2) is 5.73. The molecule has 0 aliphatic rings. The minimum atomic E-state index is -0.229. The molecule has 3 N–H and O–H groups in total. The molecule has 0 fully saturated rings. The fraction of sp³-hybridized carbons (Fsp3) is 0.0833. The number of nitrogen functional groups attached to an aromatic ring is 1. The molecule has 0 saturated heterocycles. The molecular formula is C12H10BrClN2OS. The highest BCUT2D eigenvalue weighted by molar-refractivity contribution is 9.10. The third kappa shape index (κ3) is 3.04. The molecule has 6 heteroatoms. The first-order valence-corrected chi connectivity index (χ1v) is 7.18. The van der Waals surface area contributed by atoms with Crippen LogP contribution in [0.5, 0.6) is 0 Å². The molecule has 1 aromatic heterocycles. The van der Waals surface area contributed by atoms with E-state index >= 15 is 0 Å². The van der Waals surface area contributed by atoms with E-state index in [4.69, 9.17) is 17.3 Å². The Morgan fingerprint density at radius 3 is 2.89 bits per heavy atom. The van der Waals surface area contributed by atoms with E-state index in [1.54, 1.807) is 29.5 Å². The molecule has 94 valence electrons. The maximum atomic E-state index is 12.0. The van der Waals surface area contributed by atoms with Crippen LogP contribution < -0.4 is 11.1 Å². The summed E-state index contributed by atoms with van der Waals surface area (Å²) in [6.45, 7) is 0.461. The number of anilines is 1. The summed E-state index contributed by atoms with van der Waals surface area (Å²) in [4.78, 5) is 13.0. The molecule has 0 unspecified atom stereocenters. The lowest BCUT2D eigenvalue weighted by Gasteiger charge is -2.07. The smallest absolute Gasteiger partial charge is 0.253 e. The quantitative estimate of drug-likeness (QED) is 0.834. The van der Waals surface area contributed by atoms with Gasteiger partial charge in [0.05, 0.1) is 17.1 Å². The van der Waals surface area contributed by atoms with Crippen LogP contribution >= 0.6 is 38.9 Å². The summed E-state index contributed by atoms with van der Waals surface area (Å²) in [6, 6.07) is 6.79. The van der Waals surface area contributed by atoms with Crippen LogP contribution in [0.25, 0.3) is 0 Å². The van der Waals surface area contributed by atoms with Gasteiger partial charge in [0.1, 0.15) is 0 Å². The van der Waals surface area contributed by atoms with Crippen molar-refractivity contribution in [3.8, 4) is 0 Å². The van der Waals surface area contributed by atoms with Crippen LogP contribution in [0, 0.1) is 0 Å². The topological polar surface area (TPSA) is 55.1 Å². The van der Waals surface area contributed by atoms with Gasteiger partial charge in [-0.15, -0.1) is 11.3 Å². The van der Waals surface area contributed by atoms with Gasteiger partial charge in [-0.05, 0) is 45.6 Å². The number of hydrogen-bond donors (Lipinski definition) is 2. The van der Waals surface area contributed by atoms with Gasteiger partial charge in [0.15, 0.2) is 0 Å². The Hall–Kier alpha value is -1.04. The summed E-state index contributed by atoms with van der Waals surface area (Å²) in [7, 11) is 0. The third-order valence-corrected chi connectivity index (χ3v) is 4.59. The Morgan fingerprint density at radius 1 is 1.44 bits per heavy atom. The number of thiophene rings is 1. The first-order valence-electron chi connectivity index (χ1n) is 5.13. The van der Waals surface area contributed by atoms with Gasteiger partial charge in [0.2, 0.25) is 0 Å². The molecule has 0 atom stereocenters. The van der Waals surface area contributed by atoms with E-state index in [0.29, 0.717) is 22.8 Å². The second-order valence-corrected chi connectivity index (χ2v) is 5.88. The SMILES string of the molecule is Nc1ccc(Cl)c(C(=O)NCc2sccc2Br)c1. The van der Waals surface area contributed by atoms with Gasteiger partial charge in [0.25, 0.3) is 5.91 Å². The van der Waals surface area contributed by atoms with Crippen molar-refractivity contribution in [1.82, 2.24) is 5.32 Å². The summed E-state index contributed by atoms with van der Waals surface area (Å²) in [5.41, 5.74) is 6.54. The second-order valence-electron chi connectivity index (χ2n) is 3.61. The van der Waals surface area contributed by atoms with Gasteiger partial charge in [-0.2, -0.15) is 0 Å².